The van der Waals surface area contributed by atoms with E-state index in [9.17, 15) is 13.9 Å². The quantitative estimate of drug-likeness (QED) is 0.846. The van der Waals surface area contributed by atoms with Crippen LogP contribution in [-0.4, -0.2) is 46.3 Å². The molecule has 1 aromatic carbocycles. The monoisotopic (exact) mass is 391 g/mol. The Morgan fingerprint density at radius 1 is 1.18 bits per heavy atom. The Morgan fingerprint density at radius 2 is 1.89 bits per heavy atom. The zero-order chi connectivity index (χ0) is 19.9. The minimum absolute atomic E-state index is 0.0539. The van der Waals surface area contributed by atoms with Crippen LogP contribution < -0.4 is 9.47 Å². The average Bonchev–Trinajstić information content (AvgIpc) is 2.93. The van der Waals surface area contributed by atoms with Crippen LogP contribution in [-0.2, 0) is 12.1 Å². The third kappa shape index (κ3) is 3.31. The van der Waals surface area contributed by atoms with Gasteiger partial charge in [0.1, 0.15) is 11.6 Å². The highest BCUT2D eigenvalue weighted by molar-refractivity contribution is 5.33. The van der Waals surface area contributed by atoms with Crippen molar-refractivity contribution in [2.45, 2.75) is 49.9 Å². The maximum atomic E-state index is 14.1. The number of benzene rings is 1. The van der Waals surface area contributed by atoms with Gasteiger partial charge in [-0.1, -0.05) is 0 Å². The fourth-order valence-electron chi connectivity index (χ4n) is 4.58. The van der Waals surface area contributed by atoms with Gasteiger partial charge in [-0.05, 0) is 43.9 Å². The predicted octanol–water partition coefficient (Wildman–Crippen LogP) is 2.79. The molecule has 2 aromatic rings. The van der Waals surface area contributed by atoms with E-state index in [0.717, 1.165) is 25.0 Å². The molecule has 2 bridgehead atoms. The van der Waals surface area contributed by atoms with Crippen LogP contribution in [0.2, 0.25) is 0 Å². The van der Waals surface area contributed by atoms with Crippen LogP contribution in [0.5, 0.6) is 11.9 Å². The van der Waals surface area contributed by atoms with E-state index >= 15 is 0 Å². The largest absolute Gasteiger partial charge is 0.481 e. The Labute approximate surface area is 162 Å². The van der Waals surface area contributed by atoms with E-state index in [1.54, 1.807) is 6.20 Å². The first-order valence-corrected chi connectivity index (χ1v) is 9.31. The molecule has 3 heterocycles. The van der Waals surface area contributed by atoms with Crippen molar-refractivity contribution in [2.75, 3.05) is 14.2 Å². The van der Waals surface area contributed by atoms with Gasteiger partial charge in [-0.3, -0.25) is 4.90 Å². The van der Waals surface area contributed by atoms with Crippen molar-refractivity contribution in [1.29, 1.82) is 0 Å². The Hall–Kier alpha value is -2.32. The van der Waals surface area contributed by atoms with Gasteiger partial charge in [-0.25, -0.2) is 13.8 Å². The summed E-state index contributed by atoms with van der Waals surface area (Å²) >= 11 is 0. The molecular weight excluding hydrogens is 368 g/mol. The summed E-state index contributed by atoms with van der Waals surface area (Å²) in [5.41, 5.74) is -0.266. The Kier molecular flexibility index (Phi) is 4.93. The number of nitrogens with zero attached hydrogens (tertiary/aromatic N) is 3. The molecule has 2 fully saturated rings. The van der Waals surface area contributed by atoms with Gasteiger partial charge >= 0.3 is 6.01 Å². The minimum Gasteiger partial charge on any atom is -0.481 e. The summed E-state index contributed by atoms with van der Waals surface area (Å²) in [6.07, 6.45) is 4.23. The lowest BCUT2D eigenvalue weighted by atomic mass is 9.81. The number of methoxy groups -OCH3 is 2. The second-order valence-electron chi connectivity index (χ2n) is 7.51. The van der Waals surface area contributed by atoms with Crippen LogP contribution in [0.1, 0.15) is 36.8 Å². The number of hydrogen-bond acceptors (Lipinski definition) is 6. The van der Waals surface area contributed by atoms with Crippen LogP contribution in [0, 0.1) is 11.6 Å². The van der Waals surface area contributed by atoms with Crippen molar-refractivity contribution < 1.29 is 23.4 Å². The molecule has 0 aliphatic carbocycles. The van der Waals surface area contributed by atoms with Crippen molar-refractivity contribution in [2.24, 2.45) is 0 Å². The van der Waals surface area contributed by atoms with E-state index in [4.69, 9.17) is 9.47 Å². The zero-order valence-electron chi connectivity index (χ0n) is 15.9. The summed E-state index contributed by atoms with van der Waals surface area (Å²) in [6, 6.07) is 3.81. The highest BCUT2D eigenvalue weighted by Gasteiger charge is 2.49. The smallest absolute Gasteiger partial charge is 0.319 e. The summed E-state index contributed by atoms with van der Waals surface area (Å²) in [6.45, 7) is 0.325. The summed E-state index contributed by atoms with van der Waals surface area (Å²) in [5, 5.41) is 11.4. The fourth-order valence-corrected chi connectivity index (χ4v) is 4.58. The van der Waals surface area contributed by atoms with E-state index in [1.807, 2.05) is 0 Å². The first-order chi connectivity index (χ1) is 13.4. The summed E-state index contributed by atoms with van der Waals surface area (Å²) in [4.78, 5) is 10.5. The molecule has 2 unspecified atom stereocenters. The van der Waals surface area contributed by atoms with Crippen LogP contribution >= 0.6 is 0 Å². The lowest BCUT2D eigenvalue weighted by Crippen LogP contribution is -2.49. The standard InChI is InChI=1S/C20H23F2N3O3/c1-27-18-16(10-23-19(24-18)28-2)20(26)8-14-4-5-15(9-20)25(14)11-12-7-13(21)3-6-17(12)22/h3,6-7,10,14-15,26H,4-5,8-9,11H2,1-2H3. The normalized spacial score (nSPS) is 27.0. The average molecular weight is 391 g/mol. The molecule has 2 saturated heterocycles. The van der Waals surface area contributed by atoms with Crippen LogP contribution in [0.3, 0.4) is 0 Å². The Bertz CT molecular complexity index is 866. The molecule has 6 nitrogen and oxygen atoms in total. The van der Waals surface area contributed by atoms with Crippen molar-refractivity contribution >= 4 is 0 Å². The van der Waals surface area contributed by atoms with Gasteiger partial charge in [0.05, 0.1) is 25.4 Å². The Morgan fingerprint density at radius 3 is 2.54 bits per heavy atom. The number of rotatable bonds is 5. The number of piperidine rings is 1. The maximum absolute atomic E-state index is 14.1. The first-order valence-electron chi connectivity index (χ1n) is 9.31. The molecule has 0 saturated carbocycles. The second kappa shape index (κ2) is 7.25. The number of halogens is 2. The topological polar surface area (TPSA) is 67.7 Å². The molecule has 0 amide bonds. The van der Waals surface area contributed by atoms with Gasteiger partial charge in [-0.15, -0.1) is 0 Å². The zero-order valence-corrected chi connectivity index (χ0v) is 15.9. The highest BCUT2D eigenvalue weighted by Crippen LogP contribution is 2.48. The number of aliphatic hydroxyl groups is 1. The molecular formula is C20H23F2N3O3. The van der Waals surface area contributed by atoms with Gasteiger partial charge in [0.2, 0.25) is 5.88 Å². The van der Waals surface area contributed by atoms with Gasteiger partial charge in [0.25, 0.3) is 0 Å². The molecule has 2 atom stereocenters. The molecule has 1 N–H and O–H groups in total. The molecule has 28 heavy (non-hydrogen) atoms. The summed E-state index contributed by atoms with van der Waals surface area (Å²) in [5.74, 6) is -0.567. The molecule has 150 valence electrons. The van der Waals surface area contributed by atoms with Crippen molar-refractivity contribution in [1.82, 2.24) is 14.9 Å². The third-order valence-corrected chi connectivity index (χ3v) is 5.89. The maximum Gasteiger partial charge on any atom is 0.319 e. The number of fused-ring (bicyclic) bond motifs is 2. The second-order valence-corrected chi connectivity index (χ2v) is 7.51. The lowest BCUT2D eigenvalue weighted by Gasteiger charge is -2.44. The molecule has 2 aliphatic rings. The highest BCUT2D eigenvalue weighted by atomic mass is 19.1. The van der Waals surface area contributed by atoms with Gasteiger partial charge in [0.15, 0.2) is 0 Å². The summed E-state index contributed by atoms with van der Waals surface area (Å²) < 4.78 is 38.0. The fraction of sp³-hybridized carbons (Fsp3) is 0.500. The van der Waals surface area contributed by atoms with Crippen LogP contribution in [0.25, 0.3) is 0 Å². The minimum atomic E-state index is -1.14. The number of aromatic nitrogens is 2. The van der Waals surface area contributed by atoms with Crippen molar-refractivity contribution in [3.05, 3.63) is 47.2 Å². The molecule has 4 rings (SSSR count). The number of hydrogen-bond donors (Lipinski definition) is 1. The first kappa shape index (κ1) is 19.0. The van der Waals surface area contributed by atoms with E-state index in [2.05, 4.69) is 14.9 Å². The molecule has 0 radical (unpaired) electrons. The van der Waals surface area contributed by atoms with E-state index in [-0.39, 0.29) is 18.1 Å². The van der Waals surface area contributed by atoms with Gasteiger partial charge in [0, 0.05) is 30.4 Å². The van der Waals surface area contributed by atoms with E-state index in [1.165, 1.54) is 20.3 Å². The molecule has 8 heteroatoms. The van der Waals surface area contributed by atoms with E-state index < -0.39 is 17.2 Å². The molecule has 1 aromatic heterocycles. The molecule has 0 spiro atoms. The van der Waals surface area contributed by atoms with E-state index in [0.29, 0.717) is 36.4 Å². The third-order valence-electron chi connectivity index (χ3n) is 5.89. The summed E-state index contributed by atoms with van der Waals surface area (Å²) in [7, 11) is 2.96. The number of ether oxygens (including phenoxy) is 2. The van der Waals surface area contributed by atoms with Crippen molar-refractivity contribution in [3.8, 4) is 11.9 Å². The lowest BCUT2D eigenvalue weighted by molar-refractivity contribution is -0.0615. The van der Waals surface area contributed by atoms with Gasteiger partial charge < -0.3 is 14.6 Å². The Balaban J connectivity index is 1.59. The van der Waals surface area contributed by atoms with Crippen LogP contribution in [0.4, 0.5) is 8.78 Å². The van der Waals surface area contributed by atoms with Gasteiger partial charge in [-0.2, -0.15) is 4.98 Å². The van der Waals surface area contributed by atoms with Crippen molar-refractivity contribution in [3.63, 3.8) is 0 Å². The molecule has 2 aliphatic heterocycles. The SMILES string of the molecule is COc1ncc(C2(O)CC3CCC(C2)N3Cc2cc(F)ccc2F)c(OC)n1. The predicted molar refractivity (Wildman–Crippen MR) is 97.0 cm³/mol. The van der Waals surface area contributed by atoms with Crippen LogP contribution in [0.15, 0.2) is 24.4 Å².